The van der Waals surface area contributed by atoms with Crippen molar-refractivity contribution < 1.29 is 19.1 Å². The summed E-state index contributed by atoms with van der Waals surface area (Å²) >= 11 is 0. The minimum Gasteiger partial charge on any atom is -0.468 e. The third kappa shape index (κ3) is 5.36. The van der Waals surface area contributed by atoms with Crippen LogP contribution in [0.1, 0.15) is 47.5 Å². The summed E-state index contributed by atoms with van der Waals surface area (Å²) in [4.78, 5) is 24.9. The Morgan fingerprint density at radius 2 is 1.60 bits per heavy atom. The molecule has 0 radical (unpaired) electrons. The molecule has 0 aliphatic carbocycles. The predicted molar refractivity (Wildman–Crippen MR) is 77.3 cm³/mol. The molecule has 1 aliphatic rings. The van der Waals surface area contributed by atoms with E-state index in [0.717, 1.165) is 0 Å². The molecule has 118 valence electrons. The first-order chi connectivity index (χ1) is 9.18. The summed E-state index contributed by atoms with van der Waals surface area (Å²) in [6.45, 7) is 10.3. The maximum absolute atomic E-state index is 11.8. The van der Waals surface area contributed by atoms with Gasteiger partial charge in [0.25, 0.3) is 0 Å². The number of piperidine rings is 1. The SMILES string of the molecule is CC.COC(=O)C1(N)CCN(C(=O)OC(C)(C)C)CC1. The van der Waals surface area contributed by atoms with Gasteiger partial charge in [0.1, 0.15) is 11.1 Å². The number of likely N-dealkylation sites (tertiary alicyclic amines) is 1. The highest BCUT2D eigenvalue weighted by atomic mass is 16.6. The molecule has 1 fully saturated rings. The van der Waals surface area contributed by atoms with Crippen molar-refractivity contribution in [2.75, 3.05) is 20.2 Å². The van der Waals surface area contributed by atoms with Gasteiger partial charge in [0.2, 0.25) is 0 Å². The number of esters is 1. The van der Waals surface area contributed by atoms with Crippen molar-refractivity contribution in [1.82, 2.24) is 4.90 Å². The number of hydrogen-bond acceptors (Lipinski definition) is 5. The number of ether oxygens (including phenoxy) is 2. The molecule has 6 nitrogen and oxygen atoms in total. The third-order valence-electron chi connectivity index (χ3n) is 2.90. The van der Waals surface area contributed by atoms with Crippen LogP contribution in [0, 0.1) is 0 Å². The molecule has 1 heterocycles. The Labute approximate surface area is 121 Å². The summed E-state index contributed by atoms with van der Waals surface area (Å²) in [5, 5.41) is 0. The third-order valence-corrected chi connectivity index (χ3v) is 2.90. The quantitative estimate of drug-likeness (QED) is 0.745. The van der Waals surface area contributed by atoms with E-state index in [1.807, 2.05) is 34.6 Å². The van der Waals surface area contributed by atoms with E-state index in [9.17, 15) is 9.59 Å². The number of carbonyl (C=O) groups is 2. The molecule has 0 aromatic carbocycles. The van der Waals surface area contributed by atoms with Crippen molar-refractivity contribution in [3.63, 3.8) is 0 Å². The summed E-state index contributed by atoms with van der Waals surface area (Å²) in [6, 6.07) is 0. The van der Waals surface area contributed by atoms with Gasteiger partial charge in [-0.2, -0.15) is 0 Å². The van der Waals surface area contributed by atoms with Crippen LogP contribution in [-0.4, -0.2) is 48.3 Å². The highest BCUT2D eigenvalue weighted by Gasteiger charge is 2.40. The monoisotopic (exact) mass is 288 g/mol. The van der Waals surface area contributed by atoms with Crippen molar-refractivity contribution in [1.29, 1.82) is 0 Å². The molecule has 6 heteroatoms. The zero-order valence-corrected chi connectivity index (χ0v) is 13.5. The van der Waals surface area contributed by atoms with E-state index in [2.05, 4.69) is 4.74 Å². The average molecular weight is 288 g/mol. The molecule has 0 unspecified atom stereocenters. The molecule has 0 bridgehead atoms. The molecule has 0 spiro atoms. The lowest BCUT2D eigenvalue weighted by Gasteiger charge is -2.37. The van der Waals surface area contributed by atoms with Gasteiger partial charge < -0.3 is 20.1 Å². The zero-order chi connectivity index (χ0) is 16.0. The molecular formula is C14H28N2O4. The van der Waals surface area contributed by atoms with Crippen molar-refractivity contribution >= 4 is 12.1 Å². The van der Waals surface area contributed by atoms with Crippen LogP contribution >= 0.6 is 0 Å². The van der Waals surface area contributed by atoms with E-state index in [4.69, 9.17) is 10.5 Å². The van der Waals surface area contributed by atoms with Gasteiger partial charge in [-0.1, -0.05) is 13.8 Å². The fraction of sp³-hybridized carbons (Fsp3) is 0.857. The topological polar surface area (TPSA) is 81.9 Å². The van der Waals surface area contributed by atoms with Gasteiger partial charge in [-0.25, -0.2) is 4.79 Å². The van der Waals surface area contributed by atoms with Crippen molar-refractivity contribution in [2.45, 2.75) is 58.6 Å². The van der Waals surface area contributed by atoms with Gasteiger partial charge in [-0.3, -0.25) is 4.79 Å². The zero-order valence-electron chi connectivity index (χ0n) is 13.5. The minimum absolute atomic E-state index is 0.366. The van der Waals surface area contributed by atoms with Crippen molar-refractivity contribution in [3.05, 3.63) is 0 Å². The van der Waals surface area contributed by atoms with Crippen LogP contribution in [0.15, 0.2) is 0 Å². The Hall–Kier alpha value is -1.30. The molecule has 0 aromatic heterocycles. The van der Waals surface area contributed by atoms with Crippen LogP contribution in [0.4, 0.5) is 4.79 Å². The van der Waals surface area contributed by atoms with Crippen molar-refractivity contribution in [2.24, 2.45) is 5.73 Å². The summed E-state index contributed by atoms with van der Waals surface area (Å²) in [5.74, 6) is -0.425. The Kier molecular flexibility index (Phi) is 6.99. The number of carbonyl (C=O) groups excluding carboxylic acids is 2. The van der Waals surface area contributed by atoms with Crippen LogP contribution in [0.2, 0.25) is 0 Å². The molecule has 1 amide bonds. The summed E-state index contributed by atoms with van der Waals surface area (Å²) in [7, 11) is 1.32. The molecule has 2 N–H and O–H groups in total. The van der Waals surface area contributed by atoms with Crippen molar-refractivity contribution in [3.8, 4) is 0 Å². The van der Waals surface area contributed by atoms with E-state index < -0.39 is 17.1 Å². The first-order valence-corrected chi connectivity index (χ1v) is 7.03. The molecule has 1 rings (SSSR count). The molecule has 0 aromatic rings. The Balaban J connectivity index is 0.00000172. The van der Waals surface area contributed by atoms with Gasteiger partial charge in [-0.05, 0) is 33.6 Å². The van der Waals surface area contributed by atoms with Gasteiger partial charge in [0.15, 0.2) is 0 Å². The fourth-order valence-electron chi connectivity index (χ4n) is 1.82. The van der Waals surface area contributed by atoms with E-state index in [0.29, 0.717) is 25.9 Å². The lowest BCUT2D eigenvalue weighted by molar-refractivity contribution is -0.149. The number of rotatable bonds is 1. The highest BCUT2D eigenvalue weighted by molar-refractivity contribution is 5.81. The van der Waals surface area contributed by atoms with E-state index >= 15 is 0 Å². The van der Waals surface area contributed by atoms with Crippen LogP contribution in [-0.2, 0) is 14.3 Å². The minimum atomic E-state index is -0.979. The average Bonchev–Trinajstić information content (AvgIpc) is 2.38. The van der Waals surface area contributed by atoms with Gasteiger partial charge in [0.05, 0.1) is 7.11 Å². The number of nitrogens with zero attached hydrogens (tertiary/aromatic N) is 1. The molecule has 1 saturated heterocycles. The smallest absolute Gasteiger partial charge is 0.410 e. The van der Waals surface area contributed by atoms with E-state index in [1.165, 1.54) is 7.11 Å². The van der Waals surface area contributed by atoms with Crippen LogP contribution in [0.5, 0.6) is 0 Å². The molecule has 0 saturated carbocycles. The first kappa shape index (κ1) is 18.7. The Morgan fingerprint density at radius 1 is 1.15 bits per heavy atom. The lowest BCUT2D eigenvalue weighted by atomic mass is 9.89. The second-order valence-corrected chi connectivity index (χ2v) is 5.62. The highest BCUT2D eigenvalue weighted by Crippen LogP contribution is 2.22. The van der Waals surface area contributed by atoms with Crippen LogP contribution < -0.4 is 5.73 Å². The van der Waals surface area contributed by atoms with Gasteiger partial charge in [-0.15, -0.1) is 0 Å². The van der Waals surface area contributed by atoms with Gasteiger partial charge >= 0.3 is 12.1 Å². The van der Waals surface area contributed by atoms with E-state index in [-0.39, 0.29) is 6.09 Å². The van der Waals surface area contributed by atoms with Gasteiger partial charge in [0, 0.05) is 13.1 Å². The second-order valence-electron chi connectivity index (χ2n) is 5.62. The fourth-order valence-corrected chi connectivity index (χ4v) is 1.82. The van der Waals surface area contributed by atoms with Crippen LogP contribution in [0.25, 0.3) is 0 Å². The molecule has 20 heavy (non-hydrogen) atoms. The summed E-state index contributed by atoms with van der Waals surface area (Å²) in [5.41, 5.74) is 4.45. The molecule has 0 atom stereocenters. The first-order valence-electron chi connectivity index (χ1n) is 7.03. The molecular weight excluding hydrogens is 260 g/mol. The number of methoxy groups -OCH3 is 1. The number of amides is 1. The molecule has 1 aliphatic heterocycles. The van der Waals surface area contributed by atoms with Crippen LogP contribution in [0.3, 0.4) is 0 Å². The normalized spacial score (nSPS) is 17.6. The number of nitrogens with two attached hydrogens (primary N) is 1. The standard InChI is InChI=1S/C12H22N2O4.C2H6/c1-11(2,3)18-10(16)14-7-5-12(13,6-8-14)9(15)17-4;1-2/h5-8,13H2,1-4H3;1-2H3. The maximum Gasteiger partial charge on any atom is 0.410 e. The summed E-state index contributed by atoms with van der Waals surface area (Å²) < 4.78 is 9.93. The maximum atomic E-state index is 11.8. The van der Waals surface area contributed by atoms with E-state index in [1.54, 1.807) is 4.90 Å². The second kappa shape index (κ2) is 7.47. The largest absolute Gasteiger partial charge is 0.468 e. The summed E-state index contributed by atoms with van der Waals surface area (Å²) in [6.07, 6.45) is 0.409. The Bertz CT molecular complexity index is 329. The predicted octanol–water partition coefficient (Wildman–Crippen LogP) is 1.91. The lowest BCUT2D eigenvalue weighted by Crippen LogP contribution is -2.57. The Morgan fingerprint density at radius 3 is 1.95 bits per heavy atom. The number of hydrogen-bond donors (Lipinski definition) is 1.